The number of hydrogen-bond donors (Lipinski definition) is 1. The summed E-state index contributed by atoms with van der Waals surface area (Å²) in [6.45, 7) is 4.99. The molecule has 1 fully saturated rings. The van der Waals surface area contributed by atoms with Gasteiger partial charge in [-0.2, -0.15) is 0 Å². The fourth-order valence-electron chi connectivity index (χ4n) is 2.57. The van der Waals surface area contributed by atoms with Crippen molar-refractivity contribution in [3.05, 3.63) is 40.9 Å². The minimum Gasteiger partial charge on any atom is -0.375 e. The molecule has 0 radical (unpaired) electrons. The number of aryl methyl sites for hydroxylation is 1. The lowest BCUT2D eigenvalue weighted by atomic mass is 10.2. The number of piperazine rings is 1. The Morgan fingerprint density at radius 2 is 1.86 bits per heavy atom. The topological polar surface area (TPSA) is 62.5 Å². The summed E-state index contributed by atoms with van der Waals surface area (Å²) < 4.78 is 0. The standard InChI is InChI=1S/C15H18N4OS/c1-11-13(21-15(16)17-11)14(20)19-9-7-18(8-10-19)12-5-3-2-4-6-12/h2-6H,7-10H2,1H3,(H2,16,17). The van der Waals surface area contributed by atoms with E-state index in [2.05, 4.69) is 22.0 Å². The van der Waals surface area contributed by atoms with Crippen molar-refractivity contribution in [2.24, 2.45) is 0 Å². The highest BCUT2D eigenvalue weighted by Gasteiger charge is 2.25. The van der Waals surface area contributed by atoms with Crippen LogP contribution < -0.4 is 10.6 Å². The third-order valence-corrected chi connectivity index (χ3v) is 4.67. The Morgan fingerprint density at radius 3 is 2.43 bits per heavy atom. The van der Waals surface area contributed by atoms with Crippen molar-refractivity contribution in [2.45, 2.75) is 6.92 Å². The van der Waals surface area contributed by atoms with Gasteiger partial charge in [-0.3, -0.25) is 4.79 Å². The van der Waals surface area contributed by atoms with Crippen molar-refractivity contribution in [3.8, 4) is 0 Å². The number of hydrogen-bond acceptors (Lipinski definition) is 5. The third kappa shape index (κ3) is 2.85. The average molecular weight is 302 g/mol. The van der Waals surface area contributed by atoms with Gasteiger partial charge in [0.05, 0.1) is 5.69 Å². The molecule has 1 aromatic heterocycles. The summed E-state index contributed by atoms with van der Waals surface area (Å²) in [5.74, 6) is 0.0504. The van der Waals surface area contributed by atoms with Gasteiger partial charge in [0.1, 0.15) is 4.88 Å². The van der Waals surface area contributed by atoms with Crippen LogP contribution in [0, 0.1) is 6.92 Å². The number of nitrogen functional groups attached to an aromatic ring is 1. The lowest BCUT2D eigenvalue weighted by molar-refractivity contribution is 0.0750. The molecular weight excluding hydrogens is 284 g/mol. The van der Waals surface area contributed by atoms with E-state index in [-0.39, 0.29) is 5.91 Å². The summed E-state index contributed by atoms with van der Waals surface area (Å²) >= 11 is 1.28. The summed E-state index contributed by atoms with van der Waals surface area (Å²) in [7, 11) is 0. The quantitative estimate of drug-likeness (QED) is 0.921. The van der Waals surface area contributed by atoms with Gasteiger partial charge in [-0.15, -0.1) is 0 Å². The molecule has 2 aromatic rings. The van der Waals surface area contributed by atoms with Crippen LogP contribution in [-0.2, 0) is 0 Å². The van der Waals surface area contributed by atoms with Gasteiger partial charge in [0.2, 0.25) is 0 Å². The van der Waals surface area contributed by atoms with Crippen molar-refractivity contribution >= 4 is 28.1 Å². The van der Waals surface area contributed by atoms with Crippen LogP contribution in [0.3, 0.4) is 0 Å². The SMILES string of the molecule is Cc1nc(N)sc1C(=O)N1CCN(c2ccccc2)CC1. The maximum absolute atomic E-state index is 12.5. The monoisotopic (exact) mass is 302 g/mol. The lowest BCUT2D eigenvalue weighted by Crippen LogP contribution is -2.48. The van der Waals surface area contributed by atoms with E-state index in [4.69, 9.17) is 5.73 Å². The number of rotatable bonds is 2. The van der Waals surface area contributed by atoms with Gasteiger partial charge in [-0.1, -0.05) is 29.5 Å². The molecule has 1 amide bonds. The van der Waals surface area contributed by atoms with E-state index in [9.17, 15) is 4.79 Å². The molecule has 0 saturated carbocycles. The highest BCUT2D eigenvalue weighted by molar-refractivity contribution is 7.17. The molecule has 0 unspecified atom stereocenters. The fourth-order valence-corrected chi connectivity index (χ4v) is 3.37. The first-order valence-corrected chi connectivity index (χ1v) is 7.79. The van der Waals surface area contributed by atoms with E-state index in [1.807, 2.05) is 30.0 Å². The Hall–Kier alpha value is -2.08. The first-order chi connectivity index (χ1) is 10.1. The molecular formula is C15H18N4OS. The zero-order valence-electron chi connectivity index (χ0n) is 12.0. The highest BCUT2D eigenvalue weighted by atomic mass is 32.1. The van der Waals surface area contributed by atoms with Crippen LogP contribution in [0.2, 0.25) is 0 Å². The van der Waals surface area contributed by atoms with E-state index in [0.29, 0.717) is 10.0 Å². The molecule has 0 bridgehead atoms. The molecule has 1 aromatic carbocycles. The number of para-hydroxylation sites is 1. The smallest absolute Gasteiger partial charge is 0.266 e. The van der Waals surface area contributed by atoms with Crippen molar-refractivity contribution in [3.63, 3.8) is 0 Å². The van der Waals surface area contributed by atoms with Crippen LogP contribution in [0.1, 0.15) is 15.4 Å². The average Bonchev–Trinajstić information content (AvgIpc) is 2.86. The lowest BCUT2D eigenvalue weighted by Gasteiger charge is -2.36. The summed E-state index contributed by atoms with van der Waals surface area (Å²) in [6.07, 6.45) is 0. The summed E-state index contributed by atoms with van der Waals surface area (Å²) in [5, 5.41) is 0.457. The van der Waals surface area contributed by atoms with E-state index in [1.54, 1.807) is 0 Å². The van der Waals surface area contributed by atoms with Crippen LogP contribution in [-0.4, -0.2) is 42.0 Å². The Morgan fingerprint density at radius 1 is 1.19 bits per heavy atom. The predicted octanol–water partition coefficient (Wildman–Crippen LogP) is 2.00. The molecule has 21 heavy (non-hydrogen) atoms. The van der Waals surface area contributed by atoms with Gasteiger partial charge in [-0.25, -0.2) is 4.98 Å². The molecule has 2 N–H and O–H groups in total. The molecule has 1 saturated heterocycles. The van der Waals surface area contributed by atoms with E-state index >= 15 is 0 Å². The Labute approximate surface area is 128 Å². The van der Waals surface area contributed by atoms with Crippen LogP contribution >= 0.6 is 11.3 Å². The van der Waals surface area contributed by atoms with Gasteiger partial charge in [0.25, 0.3) is 5.91 Å². The number of amides is 1. The second-order valence-electron chi connectivity index (χ2n) is 5.08. The van der Waals surface area contributed by atoms with Crippen molar-refractivity contribution in [2.75, 3.05) is 36.8 Å². The number of anilines is 2. The third-order valence-electron chi connectivity index (χ3n) is 3.70. The number of nitrogens with two attached hydrogens (primary N) is 1. The van der Waals surface area contributed by atoms with Crippen LogP contribution in [0.25, 0.3) is 0 Å². The minimum absolute atomic E-state index is 0.0504. The summed E-state index contributed by atoms with van der Waals surface area (Å²) in [6, 6.07) is 10.3. The molecule has 110 valence electrons. The van der Waals surface area contributed by atoms with Gasteiger partial charge in [-0.05, 0) is 19.1 Å². The van der Waals surface area contributed by atoms with Crippen LogP contribution in [0.15, 0.2) is 30.3 Å². The molecule has 5 nitrogen and oxygen atoms in total. The normalized spacial score (nSPS) is 15.3. The maximum atomic E-state index is 12.5. The Kier molecular flexibility index (Phi) is 3.79. The molecule has 0 atom stereocenters. The minimum atomic E-state index is 0.0504. The van der Waals surface area contributed by atoms with E-state index in [0.717, 1.165) is 31.9 Å². The molecule has 2 heterocycles. The second-order valence-corrected chi connectivity index (χ2v) is 6.11. The number of carbonyl (C=O) groups is 1. The number of aromatic nitrogens is 1. The van der Waals surface area contributed by atoms with Gasteiger partial charge >= 0.3 is 0 Å². The molecule has 6 heteroatoms. The first-order valence-electron chi connectivity index (χ1n) is 6.97. The molecule has 1 aliphatic heterocycles. The second kappa shape index (κ2) is 5.73. The molecule has 0 spiro atoms. The highest BCUT2D eigenvalue weighted by Crippen LogP contribution is 2.23. The number of carbonyl (C=O) groups excluding carboxylic acids is 1. The summed E-state index contributed by atoms with van der Waals surface area (Å²) in [5.41, 5.74) is 7.61. The number of thiazole rings is 1. The predicted molar refractivity (Wildman–Crippen MR) is 85.8 cm³/mol. The number of benzene rings is 1. The largest absolute Gasteiger partial charge is 0.375 e. The summed E-state index contributed by atoms with van der Waals surface area (Å²) in [4.78, 5) is 21.5. The number of nitrogens with zero attached hydrogens (tertiary/aromatic N) is 3. The Bertz CT molecular complexity index is 632. The molecule has 0 aliphatic carbocycles. The van der Waals surface area contributed by atoms with E-state index in [1.165, 1.54) is 17.0 Å². The van der Waals surface area contributed by atoms with Crippen molar-refractivity contribution < 1.29 is 4.79 Å². The van der Waals surface area contributed by atoms with Crippen molar-refractivity contribution in [1.29, 1.82) is 0 Å². The Balaban J connectivity index is 1.66. The van der Waals surface area contributed by atoms with Gasteiger partial charge in [0.15, 0.2) is 5.13 Å². The maximum Gasteiger partial charge on any atom is 0.266 e. The van der Waals surface area contributed by atoms with E-state index < -0.39 is 0 Å². The fraction of sp³-hybridized carbons (Fsp3) is 0.333. The first kappa shape index (κ1) is 13.9. The van der Waals surface area contributed by atoms with Crippen LogP contribution in [0.5, 0.6) is 0 Å². The van der Waals surface area contributed by atoms with Crippen LogP contribution in [0.4, 0.5) is 10.8 Å². The zero-order chi connectivity index (χ0) is 14.8. The zero-order valence-corrected chi connectivity index (χ0v) is 12.8. The van der Waals surface area contributed by atoms with Crippen molar-refractivity contribution in [1.82, 2.24) is 9.88 Å². The molecule has 3 rings (SSSR count). The molecule has 1 aliphatic rings. The van der Waals surface area contributed by atoms with Gasteiger partial charge < -0.3 is 15.5 Å². The van der Waals surface area contributed by atoms with Gasteiger partial charge in [0, 0.05) is 31.9 Å².